The number of nitrogens with zero attached hydrogens (tertiary/aromatic N) is 2. The van der Waals surface area contributed by atoms with Crippen LogP contribution in [0.2, 0.25) is 0 Å². The molecule has 0 unspecified atom stereocenters. The van der Waals surface area contributed by atoms with Gasteiger partial charge in [-0.25, -0.2) is 4.98 Å². The van der Waals surface area contributed by atoms with Gasteiger partial charge in [0.2, 0.25) is 0 Å². The van der Waals surface area contributed by atoms with Crippen LogP contribution in [0.1, 0.15) is 4.88 Å². The van der Waals surface area contributed by atoms with Gasteiger partial charge < -0.3 is 9.84 Å². The van der Waals surface area contributed by atoms with Crippen LogP contribution in [0.15, 0.2) is 48.8 Å². The molecule has 0 aliphatic rings. The van der Waals surface area contributed by atoms with E-state index in [1.54, 1.807) is 7.11 Å². The minimum atomic E-state index is -0.833. The lowest BCUT2D eigenvalue weighted by molar-refractivity contribution is -0.136. The van der Waals surface area contributed by atoms with Gasteiger partial charge in [-0.1, -0.05) is 24.3 Å². The number of fused-ring (bicyclic) bond motifs is 2. The number of carboxylic acids is 1. The zero-order valence-electron chi connectivity index (χ0n) is 12.9. The number of aromatic nitrogens is 2. The largest absolute Gasteiger partial charge is 0.496 e. The maximum atomic E-state index is 10.8. The fourth-order valence-electron chi connectivity index (χ4n) is 2.88. The summed E-state index contributed by atoms with van der Waals surface area (Å²) in [6.45, 7) is 0. The molecule has 5 nitrogen and oxygen atoms in total. The first kappa shape index (κ1) is 14.7. The number of hydrogen-bond acceptors (Lipinski definition) is 4. The molecule has 0 atom stereocenters. The van der Waals surface area contributed by atoms with E-state index in [0.29, 0.717) is 0 Å². The van der Waals surface area contributed by atoms with Crippen LogP contribution in [0.25, 0.3) is 27.0 Å². The fraction of sp³-hybridized carbons (Fsp3) is 0.111. The van der Waals surface area contributed by atoms with Crippen LogP contribution in [0.5, 0.6) is 5.75 Å². The zero-order valence-corrected chi connectivity index (χ0v) is 13.7. The van der Waals surface area contributed by atoms with Gasteiger partial charge in [0.25, 0.3) is 0 Å². The lowest BCUT2D eigenvalue weighted by Gasteiger charge is -2.08. The summed E-state index contributed by atoms with van der Waals surface area (Å²) in [5.74, 6) is -0.00000877. The van der Waals surface area contributed by atoms with Crippen molar-refractivity contribution >= 4 is 33.0 Å². The number of thiazole rings is 1. The van der Waals surface area contributed by atoms with E-state index in [0.717, 1.165) is 37.6 Å². The Balaban J connectivity index is 1.84. The number of carboxylic acid groups (broad SMARTS) is 1. The molecule has 2 aromatic carbocycles. The topological polar surface area (TPSA) is 63.8 Å². The van der Waals surface area contributed by atoms with Gasteiger partial charge in [-0.15, -0.1) is 11.3 Å². The Bertz CT molecular complexity index is 1030. The molecule has 2 aromatic heterocycles. The van der Waals surface area contributed by atoms with Crippen LogP contribution in [-0.2, 0) is 11.2 Å². The first-order chi connectivity index (χ1) is 11.7. The highest BCUT2D eigenvalue weighted by molar-refractivity contribution is 7.17. The minimum absolute atomic E-state index is 0.0226. The molecular weight excluding hydrogens is 324 g/mol. The van der Waals surface area contributed by atoms with Gasteiger partial charge in [0.05, 0.1) is 19.2 Å². The number of aliphatic carboxylic acids is 1. The van der Waals surface area contributed by atoms with Crippen molar-refractivity contribution in [2.75, 3.05) is 7.11 Å². The molecule has 0 aliphatic carbocycles. The summed E-state index contributed by atoms with van der Waals surface area (Å²) in [5, 5.41) is 11.0. The van der Waals surface area contributed by atoms with Crippen molar-refractivity contribution in [3.05, 3.63) is 53.7 Å². The second-order valence-corrected chi connectivity index (χ2v) is 6.54. The van der Waals surface area contributed by atoms with E-state index in [1.807, 2.05) is 47.1 Å². The molecular formula is C18H14N2O3S. The van der Waals surface area contributed by atoms with E-state index >= 15 is 0 Å². The van der Waals surface area contributed by atoms with Crippen LogP contribution in [0.3, 0.4) is 0 Å². The Morgan fingerprint density at radius 3 is 2.71 bits per heavy atom. The van der Waals surface area contributed by atoms with E-state index in [2.05, 4.69) is 11.1 Å². The van der Waals surface area contributed by atoms with Gasteiger partial charge in [0.1, 0.15) is 5.75 Å². The van der Waals surface area contributed by atoms with Gasteiger partial charge in [-0.05, 0) is 17.5 Å². The maximum Gasteiger partial charge on any atom is 0.308 e. The molecule has 0 amide bonds. The molecule has 0 saturated heterocycles. The molecule has 1 N–H and O–H groups in total. The van der Waals surface area contributed by atoms with E-state index in [9.17, 15) is 4.79 Å². The second kappa shape index (κ2) is 5.65. The van der Waals surface area contributed by atoms with E-state index in [4.69, 9.17) is 9.84 Å². The van der Waals surface area contributed by atoms with Crippen LogP contribution in [0.4, 0.5) is 0 Å². The number of ether oxygens (including phenoxy) is 1. The first-order valence-electron chi connectivity index (χ1n) is 7.41. The lowest BCUT2D eigenvalue weighted by Crippen LogP contribution is -1.97. The number of rotatable bonds is 4. The van der Waals surface area contributed by atoms with Crippen molar-refractivity contribution in [2.24, 2.45) is 0 Å². The minimum Gasteiger partial charge on any atom is -0.496 e. The third-order valence-corrected chi connectivity index (χ3v) is 4.91. The number of imidazole rings is 1. The van der Waals surface area contributed by atoms with Gasteiger partial charge in [-0.2, -0.15) is 0 Å². The molecule has 0 fully saturated rings. The van der Waals surface area contributed by atoms with E-state index in [1.165, 1.54) is 11.3 Å². The van der Waals surface area contributed by atoms with E-state index in [-0.39, 0.29) is 6.42 Å². The van der Waals surface area contributed by atoms with Gasteiger partial charge in [-0.3, -0.25) is 9.20 Å². The van der Waals surface area contributed by atoms with Crippen LogP contribution in [0, 0.1) is 0 Å². The number of benzene rings is 2. The Morgan fingerprint density at radius 2 is 2.00 bits per heavy atom. The Labute approximate surface area is 141 Å². The molecule has 0 radical (unpaired) electrons. The van der Waals surface area contributed by atoms with Crippen molar-refractivity contribution in [3.63, 3.8) is 0 Å². The highest BCUT2D eigenvalue weighted by Crippen LogP contribution is 2.34. The number of methoxy groups -OCH3 is 1. The van der Waals surface area contributed by atoms with Crippen LogP contribution < -0.4 is 4.74 Å². The standard InChI is InChI=1S/C18H14N2O3S/c1-23-16-7-6-13(12-4-2-3-5-14(12)16)15-10-20-9-11(8-17(21)22)24-18(20)19-15/h2-7,9-10H,8H2,1H3,(H,21,22). The molecule has 0 bridgehead atoms. The Hall–Kier alpha value is -2.86. The average Bonchev–Trinajstić information content (AvgIpc) is 3.11. The molecule has 4 aromatic rings. The van der Waals surface area contributed by atoms with Crippen LogP contribution in [-0.4, -0.2) is 27.6 Å². The summed E-state index contributed by atoms with van der Waals surface area (Å²) in [6.07, 6.45) is 3.79. The SMILES string of the molecule is COc1ccc(-c2cn3cc(CC(=O)O)sc3n2)c2ccccc12. The molecule has 2 heterocycles. The molecule has 24 heavy (non-hydrogen) atoms. The quantitative estimate of drug-likeness (QED) is 0.614. The third-order valence-electron chi connectivity index (χ3n) is 3.91. The first-order valence-corrected chi connectivity index (χ1v) is 8.22. The van der Waals surface area contributed by atoms with Crippen molar-refractivity contribution in [1.29, 1.82) is 0 Å². The predicted octanol–water partition coefficient (Wildman–Crippen LogP) is 3.85. The van der Waals surface area contributed by atoms with Crippen molar-refractivity contribution in [2.45, 2.75) is 6.42 Å². The zero-order chi connectivity index (χ0) is 16.7. The van der Waals surface area contributed by atoms with Gasteiger partial charge in [0, 0.05) is 28.2 Å². The van der Waals surface area contributed by atoms with Gasteiger partial charge >= 0.3 is 5.97 Å². The van der Waals surface area contributed by atoms with Crippen molar-refractivity contribution in [3.8, 4) is 17.0 Å². The average molecular weight is 338 g/mol. The summed E-state index contributed by atoms with van der Waals surface area (Å²) >= 11 is 1.40. The Kier molecular flexibility index (Phi) is 3.46. The van der Waals surface area contributed by atoms with Crippen molar-refractivity contribution in [1.82, 2.24) is 9.38 Å². The summed E-state index contributed by atoms with van der Waals surface area (Å²) in [4.78, 5) is 17.1. The normalized spacial score (nSPS) is 11.2. The molecule has 0 aliphatic heterocycles. The Morgan fingerprint density at radius 1 is 1.21 bits per heavy atom. The molecule has 6 heteroatoms. The van der Waals surface area contributed by atoms with E-state index < -0.39 is 5.97 Å². The fourth-order valence-corrected chi connectivity index (χ4v) is 3.83. The summed E-state index contributed by atoms with van der Waals surface area (Å²) < 4.78 is 7.32. The van der Waals surface area contributed by atoms with Crippen LogP contribution >= 0.6 is 11.3 Å². The predicted molar refractivity (Wildman–Crippen MR) is 93.9 cm³/mol. The highest BCUT2D eigenvalue weighted by atomic mass is 32.1. The summed E-state index contributed by atoms with van der Waals surface area (Å²) in [7, 11) is 1.66. The number of hydrogen-bond donors (Lipinski definition) is 1. The third kappa shape index (κ3) is 2.41. The molecule has 4 rings (SSSR count). The summed E-state index contributed by atoms with van der Waals surface area (Å²) in [6, 6.07) is 12.0. The maximum absolute atomic E-state index is 10.8. The summed E-state index contributed by atoms with van der Waals surface area (Å²) in [5.41, 5.74) is 1.89. The number of carbonyl (C=O) groups is 1. The van der Waals surface area contributed by atoms with Crippen molar-refractivity contribution < 1.29 is 14.6 Å². The smallest absolute Gasteiger partial charge is 0.308 e. The molecule has 0 saturated carbocycles. The lowest BCUT2D eigenvalue weighted by atomic mass is 10.0. The highest BCUT2D eigenvalue weighted by Gasteiger charge is 2.13. The monoisotopic (exact) mass is 338 g/mol. The van der Waals surface area contributed by atoms with Gasteiger partial charge in [0.15, 0.2) is 4.96 Å². The second-order valence-electron chi connectivity index (χ2n) is 5.44. The molecule has 120 valence electrons. The molecule has 0 spiro atoms.